The molecule has 18 heavy (non-hydrogen) atoms. The fourth-order valence-corrected chi connectivity index (χ4v) is 1.69. The van der Waals surface area contributed by atoms with Gasteiger partial charge in [-0.3, -0.25) is 9.59 Å². The SMILES string of the molecule is CC(CC(=O)c1ccc2[nH]c(=O)[nH]c2c1)C(=O)O. The molecule has 0 aliphatic carbocycles. The van der Waals surface area contributed by atoms with Gasteiger partial charge in [0, 0.05) is 12.0 Å². The highest BCUT2D eigenvalue weighted by Gasteiger charge is 2.17. The van der Waals surface area contributed by atoms with Crippen molar-refractivity contribution in [2.75, 3.05) is 0 Å². The molecule has 0 saturated carbocycles. The monoisotopic (exact) mass is 248 g/mol. The second-order valence-electron chi connectivity index (χ2n) is 4.21. The zero-order valence-corrected chi connectivity index (χ0v) is 9.69. The lowest BCUT2D eigenvalue weighted by atomic mass is 10.00. The summed E-state index contributed by atoms with van der Waals surface area (Å²) in [5, 5.41) is 8.75. The van der Waals surface area contributed by atoms with Gasteiger partial charge in [-0.25, -0.2) is 4.79 Å². The van der Waals surface area contributed by atoms with E-state index in [1.54, 1.807) is 18.2 Å². The Bertz CT molecular complexity index is 668. The number of H-pyrrole nitrogens is 2. The van der Waals surface area contributed by atoms with Crippen LogP contribution in [-0.2, 0) is 4.79 Å². The molecule has 2 aromatic rings. The first-order valence-electron chi connectivity index (χ1n) is 5.45. The number of aromatic nitrogens is 2. The predicted molar refractivity (Wildman–Crippen MR) is 64.7 cm³/mol. The van der Waals surface area contributed by atoms with E-state index in [1.807, 2.05) is 0 Å². The van der Waals surface area contributed by atoms with Crippen molar-refractivity contribution in [1.29, 1.82) is 0 Å². The van der Waals surface area contributed by atoms with Gasteiger partial charge in [0.15, 0.2) is 5.78 Å². The molecule has 0 aliphatic heterocycles. The first kappa shape index (κ1) is 12.1. The van der Waals surface area contributed by atoms with Gasteiger partial charge in [-0.05, 0) is 18.2 Å². The van der Waals surface area contributed by atoms with Crippen LogP contribution in [0.4, 0.5) is 0 Å². The molecule has 6 nitrogen and oxygen atoms in total. The largest absolute Gasteiger partial charge is 0.481 e. The molecule has 0 saturated heterocycles. The first-order valence-corrected chi connectivity index (χ1v) is 5.45. The van der Waals surface area contributed by atoms with E-state index in [0.29, 0.717) is 16.6 Å². The molecule has 0 radical (unpaired) electrons. The molecule has 6 heteroatoms. The Balaban J connectivity index is 2.27. The van der Waals surface area contributed by atoms with Crippen LogP contribution in [0.5, 0.6) is 0 Å². The maximum atomic E-state index is 11.8. The van der Waals surface area contributed by atoms with E-state index < -0.39 is 11.9 Å². The summed E-state index contributed by atoms with van der Waals surface area (Å²) in [7, 11) is 0. The number of fused-ring (bicyclic) bond motifs is 1. The fourth-order valence-electron chi connectivity index (χ4n) is 1.69. The predicted octanol–water partition coefficient (Wildman–Crippen LogP) is 1.15. The van der Waals surface area contributed by atoms with E-state index in [2.05, 4.69) is 9.97 Å². The minimum Gasteiger partial charge on any atom is -0.481 e. The summed E-state index contributed by atoms with van der Waals surface area (Å²) in [5.74, 6) is -1.98. The van der Waals surface area contributed by atoms with Gasteiger partial charge in [0.1, 0.15) is 0 Å². The average Bonchev–Trinajstić information content (AvgIpc) is 2.67. The number of imidazole rings is 1. The molecule has 3 N–H and O–H groups in total. The van der Waals surface area contributed by atoms with E-state index in [4.69, 9.17) is 5.11 Å². The Morgan fingerprint density at radius 1 is 1.28 bits per heavy atom. The molecular weight excluding hydrogens is 236 g/mol. The van der Waals surface area contributed by atoms with Crippen LogP contribution in [0.3, 0.4) is 0 Å². The van der Waals surface area contributed by atoms with E-state index in [-0.39, 0.29) is 17.9 Å². The number of aromatic amines is 2. The fraction of sp³-hybridized carbons (Fsp3) is 0.250. The maximum Gasteiger partial charge on any atom is 0.323 e. The summed E-state index contributed by atoms with van der Waals surface area (Å²) in [5.41, 5.74) is 1.20. The molecule has 1 aromatic heterocycles. The summed E-state index contributed by atoms with van der Waals surface area (Å²) in [6.45, 7) is 1.48. The van der Waals surface area contributed by atoms with E-state index >= 15 is 0 Å². The van der Waals surface area contributed by atoms with Crippen LogP contribution in [0.25, 0.3) is 11.0 Å². The minimum atomic E-state index is -1.00. The lowest BCUT2D eigenvalue weighted by molar-refractivity contribution is -0.141. The van der Waals surface area contributed by atoms with Gasteiger partial charge in [-0.2, -0.15) is 0 Å². The number of ketones is 1. The van der Waals surface area contributed by atoms with Gasteiger partial charge < -0.3 is 15.1 Å². The third-order valence-corrected chi connectivity index (χ3v) is 2.75. The summed E-state index contributed by atoms with van der Waals surface area (Å²) in [4.78, 5) is 38.7. The van der Waals surface area contributed by atoms with Crippen LogP contribution in [0.2, 0.25) is 0 Å². The van der Waals surface area contributed by atoms with Gasteiger partial charge in [0.25, 0.3) is 0 Å². The van der Waals surface area contributed by atoms with Gasteiger partial charge in [0.2, 0.25) is 0 Å². The number of carboxylic acid groups (broad SMARTS) is 1. The Hall–Kier alpha value is -2.37. The van der Waals surface area contributed by atoms with Crippen molar-refractivity contribution in [2.45, 2.75) is 13.3 Å². The molecule has 1 heterocycles. The summed E-state index contributed by atoms with van der Waals surface area (Å²) < 4.78 is 0. The number of benzene rings is 1. The number of hydrogen-bond donors (Lipinski definition) is 3. The number of carboxylic acids is 1. The van der Waals surface area contributed by atoms with Crippen molar-refractivity contribution in [1.82, 2.24) is 9.97 Å². The number of aliphatic carboxylic acids is 1. The van der Waals surface area contributed by atoms with Crippen molar-refractivity contribution < 1.29 is 14.7 Å². The van der Waals surface area contributed by atoms with Crippen molar-refractivity contribution in [3.8, 4) is 0 Å². The standard InChI is InChI=1S/C12H12N2O4/c1-6(11(16)17)4-10(15)7-2-3-8-9(5-7)14-12(18)13-8/h2-3,5-6H,4H2,1H3,(H,16,17)(H2,13,14,18). The van der Waals surface area contributed by atoms with Gasteiger partial charge in [-0.15, -0.1) is 0 Å². The quantitative estimate of drug-likeness (QED) is 0.706. The summed E-state index contributed by atoms with van der Waals surface area (Å²) >= 11 is 0. The lowest BCUT2D eigenvalue weighted by Crippen LogP contribution is -2.14. The molecule has 1 unspecified atom stereocenters. The van der Waals surface area contributed by atoms with Gasteiger partial charge in [-0.1, -0.05) is 6.92 Å². The minimum absolute atomic E-state index is 0.0600. The van der Waals surface area contributed by atoms with E-state index in [9.17, 15) is 14.4 Å². The number of carbonyl (C=O) groups is 2. The number of nitrogens with one attached hydrogen (secondary N) is 2. The van der Waals surface area contributed by atoms with Crippen LogP contribution in [-0.4, -0.2) is 26.8 Å². The topological polar surface area (TPSA) is 103 Å². The molecule has 0 aliphatic rings. The molecule has 0 spiro atoms. The van der Waals surface area contributed by atoms with E-state index in [1.165, 1.54) is 6.92 Å². The highest BCUT2D eigenvalue weighted by Crippen LogP contribution is 2.14. The Morgan fingerprint density at radius 3 is 2.61 bits per heavy atom. The maximum absolute atomic E-state index is 11.8. The van der Waals surface area contributed by atoms with Crippen molar-refractivity contribution >= 4 is 22.8 Å². The van der Waals surface area contributed by atoms with Crippen LogP contribution in [0, 0.1) is 5.92 Å². The van der Waals surface area contributed by atoms with Crippen molar-refractivity contribution in [3.05, 3.63) is 34.2 Å². The average molecular weight is 248 g/mol. The van der Waals surface area contributed by atoms with Crippen LogP contribution >= 0.6 is 0 Å². The third kappa shape index (κ3) is 2.32. The molecule has 0 amide bonds. The summed E-state index contributed by atoms with van der Waals surface area (Å²) in [6, 6.07) is 4.74. The molecule has 1 aromatic carbocycles. The van der Waals surface area contributed by atoms with Crippen LogP contribution in [0.15, 0.2) is 23.0 Å². The number of hydrogen-bond acceptors (Lipinski definition) is 3. The molecule has 0 bridgehead atoms. The second kappa shape index (κ2) is 4.48. The molecule has 94 valence electrons. The third-order valence-electron chi connectivity index (χ3n) is 2.75. The molecular formula is C12H12N2O4. The van der Waals surface area contributed by atoms with E-state index in [0.717, 1.165) is 0 Å². The molecule has 2 rings (SSSR count). The zero-order chi connectivity index (χ0) is 13.3. The molecule has 1 atom stereocenters. The Morgan fingerprint density at radius 2 is 1.94 bits per heavy atom. The highest BCUT2D eigenvalue weighted by molar-refractivity contribution is 6.00. The van der Waals surface area contributed by atoms with Gasteiger partial charge >= 0.3 is 11.7 Å². The zero-order valence-electron chi connectivity index (χ0n) is 9.69. The number of carbonyl (C=O) groups excluding carboxylic acids is 1. The first-order chi connectivity index (χ1) is 8.47. The smallest absolute Gasteiger partial charge is 0.323 e. The summed E-state index contributed by atoms with van der Waals surface area (Å²) in [6.07, 6.45) is -0.0600. The number of Topliss-reactive ketones (excluding diaryl/α,β-unsaturated/α-hetero) is 1. The van der Waals surface area contributed by atoms with Gasteiger partial charge in [0.05, 0.1) is 17.0 Å². The molecule has 0 fully saturated rings. The Labute approximate surface area is 102 Å². The van der Waals surface area contributed by atoms with Crippen LogP contribution in [0.1, 0.15) is 23.7 Å². The normalized spacial score (nSPS) is 12.5. The van der Waals surface area contributed by atoms with Crippen LogP contribution < -0.4 is 5.69 Å². The Kier molecular flexibility index (Phi) is 3.01. The second-order valence-corrected chi connectivity index (χ2v) is 4.21. The lowest BCUT2D eigenvalue weighted by Gasteiger charge is -2.05. The highest BCUT2D eigenvalue weighted by atomic mass is 16.4. The number of rotatable bonds is 4. The van der Waals surface area contributed by atoms with Crippen molar-refractivity contribution in [2.24, 2.45) is 5.92 Å². The van der Waals surface area contributed by atoms with Crippen molar-refractivity contribution in [3.63, 3.8) is 0 Å².